The molecule has 0 saturated carbocycles. The summed E-state index contributed by atoms with van der Waals surface area (Å²) in [6.45, 7) is 6.46. The van der Waals surface area contributed by atoms with Crippen LogP contribution in [0.2, 0.25) is 0 Å². The van der Waals surface area contributed by atoms with Crippen molar-refractivity contribution in [2.75, 3.05) is 19.6 Å². The van der Waals surface area contributed by atoms with Gasteiger partial charge in [-0.1, -0.05) is 22.4 Å². The fourth-order valence-electron chi connectivity index (χ4n) is 2.84. The van der Waals surface area contributed by atoms with E-state index in [1.807, 2.05) is 6.07 Å². The molecule has 2 nitrogen and oxygen atoms in total. The Kier molecular flexibility index (Phi) is 6.46. The van der Waals surface area contributed by atoms with Gasteiger partial charge in [0, 0.05) is 17.1 Å². The van der Waals surface area contributed by atoms with Gasteiger partial charge in [-0.25, -0.2) is 4.39 Å². The van der Waals surface area contributed by atoms with Crippen molar-refractivity contribution in [1.29, 1.82) is 0 Å². The summed E-state index contributed by atoms with van der Waals surface area (Å²) >= 11 is 3.32. The van der Waals surface area contributed by atoms with Gasteiger partial charge in [-0.05, 0) is 69.6 Å². The van der Waals surface area contributed by atoms with E-state index >= 15 is 0 Å². The number of piperidine rings is 1. The monoisotopic (exact) mass is 342 g/mol. The predicted octanol–water partition coefficient (Wildman–Crippen LogP) is 3.94. The first-order valence-corrected chi connectivity index (χ1v) is 8.34. The highest BCUT2D eigenvalue weighted by Gasteiger charge is 2.16. The molecule has 20 heavy (non-hydrogen) atoms. The molecule has 0 amide bonds. The van der Waals surface area contributed by atoms with Gasteiger partial charge in [0.15, 0.2) is 0 Å². The maximum atomic E-state index is 13.2. The van der Waals surface area contributed by atoms with E-state index in [-0.39, 0.29) is 5.82 Å². The smallest absolute Gasteiger partial charge is 0.124 e. The van der Waals surface area contributed by atoms with E-state index in [0.717, 1.165) is 35.6 Å². The Labute approximate surface area is 129 Å². The van der Waals surface area contributed by atoms with Crippen LogP contribution < -0.4 is 5.32 Å². The number of halogens is 2. The summed E-state index contributed by atoms with van der Waals surface area (Å²) in [5.74, 6) is -0.182. The Balaban J connectivity index is 1.63. The molecule has 1 aliphatic heterocycles. The number of likely N-dealkylation sites (tertiary alicyclic amines) is 1. The van der Waals surface area contributed by atoms with Gasteiger partial charge >= 0.3 is 0 Å². The quantitative estimate of drug-likeness (QED) is 0.787. The molecule has 1 saturated heterocycles. The summed E-state index contributed by atoms with van der Waals surface area (Å²) in [6.07, 6.45) is 5.21. The van der Waals surface area contributed by atoms with E-state index in [1.165, 1.54) is 38.4 Å². The average Bonchev–Trinajstić information content (AvgIpc) is 2.39. The van der Waals surface area contributed by atoms with Crippen molar-refractivity contribution in [3.05, 3.63) is 34.1 Å². The first-order valence-electron chi connectivity index (χ1n) is 7.55. The van der Waals surface area contributed by atoms with Crippen LogP contribution in [0.5, 0.6) is 0 Å². The largest absolute Gasteiger partial charge is 0.313 e. The van der Waals surface area contributed by atoms with Gasteiger partial charge in [0.1, 0.15) is 5.82 Å². The van der Waals surface area contributed by atoms with Crippen molar-refractivity contribution >= 4 is 15.9 Å². The van der Waals surface area contributed by atoms with Crippen molar-refractivity contribution in [2.24, 2.45) is 0 Å². The van der Waals surface area contributed by atoms with Crippen LogP contribution in [0.25, 0.3) is 0 Å². The molecule has 0 spiro atoms. The van der Waals surface area contributed by atoms with Crippen LogP contribution >= 0.6 is 15.9 Å². The fraction of sp³-hybridized carbons (Fsp3) is 0.625. The Hall–Kier alpha value is -0.450. The van der Waals surface area contributed by atoms with Gasteiger partial charge in [-0.2, -0.15) is 0 Å². The number of nitrogens with one attached hydrogen (secondary N) is 1. The first kappa shape index (κ1) is 15.9. The lowest BCUT2D eigenvalue weighted by Gasteiger charge is -2.33. The lowest BCUT2D eigenvalue weighted by molar-refractivity contribution is 0.159. The van der Waals surface area contributed by atoms with Crippen molar-refractivity contribution in [1.82, 2.24) is 10.2 Å². The second-order valence-corrected chi connectivity index (χ2v) is 6.60. The number of hydrogen-bond donors (Lipinski definition) is 1. The third-order valence-electron chi connectivity index (χ3n) is 3.99. The van der Waals surface area contributed by atoms with Crippen molar-refractivity contribution in [2.45, 2.75) is 45.2 Å². The summed E-state index contributed by atoms with van der Waals surface area (Å²) in [4.78, 5) is 2.59. The second-order valence-electron chi connectivity index (χ2n) is 5.69. The molecular weight excluding hydrogens is 319 g/mol. The topological polar surface area (TPSA) is 15.3 Å². The zero-order chi connectivity index (χ0) is 14.4. The van der Waals surface area contributed by atoms with Gasteiger partial charge in [0.05, 0.1) is 0 Å². The molecule has 1 N–H and O–H groups in total. The zero-order valence-corrected chi connectivity index (χ0v) is 13.8. The molecule has 1 aromatic rings. The van der Waals surface area contributed by atoms with Crippen LogP contribution in [-0.2, 0) is 6.54 Å². The number of nitrogens with zero attached hydrogens (tertiary/aromatic N) is 1. The lowest BCUT2D eigenvalue weighted by atomic mass is 10.0. The minimum absolute atomic E-state index is 0.182. The third kappa shape index (κ3) is 5.15. The van der Waals surface area contributed by atoms with Crippen LogP contribution in [-0.4, -0.2) is 30.6 Å². The zero-order valence-electron chi connectivity index (χ0n) is 12.2. The maximum Gasteiger partial charge on any atom is 0.124 e. The Morgan fingerprint density at radius 3 is 2.95 bits per heavy atom. The van der Waals surface area contributed by atoms with Gasteiger partial charge in [-0.15, -0.1) is 0 Å². The molecule has 1 unspecified atom stereocenters. The highest BCUT2D eigenvalue weighted by Crippen LogP contribution is 2.16. The maximum absolute atomic E-state index is 13.2. The minimum atomic E-state index is -0.182. The van der Waals surface area contributed by atoms with E-state index < -0.39 is 0 Å². The van der Waals surface area contributed by atoms with Gasteiger partial charge in [0.2, 0.25) is 0 Å². The van der Waals surface area contributed by atoms with Gasteiger partial charge in [0.25, 0.3) is 0 Å². The normalized spacial score (nSPS) is 20.2. The predicted molar refractivity (Wildman–Crippen MR) is 85.3 cm³/mol. The molecule has 0 radical (unpaired) electrons. The highest BCUT2D eigenvalue weighted by molar-refractivity contribution is 9.10. The Morgan fingerprint density at radius 2 is 2.20 bits per heavy atom. The molecule has 0 aromatic heterocycles. The summed E-state index contributed by atoms with van der Waals surface area (Å²) in [7, 11) is 0. The molecule has 0 aliphatic carbocycles. The number of benzene rings is 1. The van der Waals surface area contributed by atoms with Crippen LogP contribution in [0.4, 0.5) is 4.39 Å². The van der Waals surface area contributed by atoms with Gasteiger partial charge in [-0.3, -0.25) is 0 Å². The van der Waals surface area contributed by atoms with Gasteiger partial charge < -0.3 is 10.2 Å². The Bertz CT molecular complexity index is 405. The van der Waals surface area contributed by atoms with Crippen molar-refractivity contribution < 1.29 is 4.39 Å². The lowest BCUT2D eigenvalue weighted by Crippen LogP contribution is -2.38. The highest BCUT2D eigenvalue weighted by atomic mass is 79.9. The Morgan fingerprint density at radius 1 is 1.35 bits per heavy atom. The molecular formula is C16H24BrFN2. The first-order chi connectivity index (χ1) is 9.65. The molecule has 1 aromatic carbocycles. The van der Waals surface area contributed by atoms with E-state index in [0.29, 0.717) is 0 Å². The molecule has 2 rings (SSSR count). The van der Waals surface area contributed by atoms with E-state index in [1.54, 1.807) is 6.07 Å². The van der Waals surface area contributed by atoms with Crippen LogP contribution in [0.3, 0.4) is 0 Å². The van der Waals surface area contributed by atoms with E-state index in [4.69, 9.17) is 0 Å². The number of rotatable bonds is 6. The van der Waals surface area contributed by atoms with Crippen molar-refractivity contribution in [3.8, 4) is 0 Å². The van der Waals surface area contributed by atoms with E-state index in [2.05, 4.69) is 33.1 Å². The molecule has 1 atom stereocenters. The summed E-state index contributed by atoms with van der Waals surface area (Å²) in [5.41, 5.74) is 0.989. The third-order valence-corrected chi connectivity index (χ3v) is 4.45. The molecule has 112 valence electrons. The van der Waals surface area contributed by atoms with E-state index in [9.17, 15) is 4.39 Å². The van der Waals surface area contributed by atoms with Crippen LogP contribution in [0, 0.1) is 5.82 Å². The van der Waals surface area contributed by atoms with Crippen LogP contribution in [0.1, 0.15) is 38.2 Å². The SMILES string of the molecule is CC1CCCCN1CCCNCc1cc(F)cc(Br)c1. The molecule has 0 bridgehead atoms. The standard InChI is InChI=1S/C16H24BrFN2/c1-13-5-2-3-7-20(13)8-4-6-19-12-14-9-15(17)11-16(18)10-14/h9-11,13,19H,2-8,12H2,1H3. The second kappa shape index (κ2) is 8.11. The molecule has 1 heterocycles. The molecule has 1 aliphatic rings. The average molecular weight is 343 g/mol. The molecule has 1 fully saturated rings. The summed E-state index contributed by atoms with van der Waals surface area (Å²) in [5, 5.41) is 3.40. The summed E-state index contributed by atoms with van der Waals surface area (Å²) < 4.78 is 14.0. The minimum Gasteiger partial charge on any atom is -0.313 e. The number of hydrogen-bond acceptors (Lipinski definition) is 2. The van der Waals surface area contributed by atoms with Crippen LogP contribution in [0.15, 0.2) is 22.7 Å². The fourth-order valence-corrected chi connectivity index (χ4v) is 3.36. The molecule has 4 heteroatoms. The van der Waals surface area contributed by atoms with Crippen molar-refractivity contribution in [3.63, 3.8) is 0 Å². The summed E-state index contributed by atoms with van der Waals surface area (Å²) in [6, 6.07) is 5.78.